The Kier molecular flexibility index (Phi) is 5.69. The standard InChI is InChI=1S/C19H19ClN4O/c1-25-17-8-3-2-7-16(17)23-18-10-12-22-19(24-18)21-11-9-14-5-4-6-15(20)13-14/h2-8,10,12-13H,9,11H2,1H3,(H2,21,22,23,24). The van der Waals surface area contributed by atoms with Gasteiger partial charge in [0.1, 0.15) is 11.6 Å². The normalized spacial score (nSPS) is 10.3. The maximum absolute atomic E-state index is 6.00. The van der Waals surface area contributed by atoms with Gasteiger partial charge < -0.3 is 15.4 Å². The molecule has 0 radical (unpaired) electrons. The number of benzene rings is 2. The second-order valence-electron chi connectivity index (χ2n) is 5.40. The predicted octanol–water partition coefficient (Wildman–Crippen LogP) is 4.54. The highest BCUT2D eigenvalue weighted by molar-refractivity contribution is 6.30. The maximum Gasteiger partial charge on any atom is 0.224 e. The number of aromatic nitrogens is 2. The van der Waals surface area contributed by atoms with Gasteiger partial charge in [0.05, 0.1) is 12.8 Å². The first-order valence-electron chi connectivity index (χ1n) is 7.96. The van der Waals surface area contributed by atoms with Crippen molar-refractivity contribution in [1.29, 1.82) is 0 Å². The fraction of sp³-hybridized carbons (Fsp3) is 0.158. The molecule has 0 atom stereocenters. The van der Waals surface area contributed by atoms with E-state index in [4.69, 9.17) is 16.3 Å². The third kappa shape index (κ3) is 4.84. The third-order valence-electron chi connectivity index (χ3n) is 3.61. The molecule has 0 aliphatic rings. The highest BCUT2D eigenvalue weighted by Crippen LogP contribution is 2.26. The lowest BCUT2D eigenvalue weighted by Gasteiger charge is -2.11. The molecule has 0 aliphatic heterocycles. The third-order valence-corrected chi connectivity index (χ3v) is 3.85. The molecule has 2 N–H and O–H groups in total. The molecule has 25 heavy (non-hydrogen) atoms. The molecule has 2 aromatic carbocycles. The van der Waals surface area contributed by atoms with Crippen molar-refractivity contribution in [3.63, 3.8) is 0 Å². The molecule has 1 heterocycles. The first kappa shape index (κ1) is 17.0. The summed E-state index contributed by atoms with van der Waals surface area (Å²) in [6.07, 6.45) is 2.56. The highest BCUT2D eigenvalue weighted by atomic mass is 35.5. The summed E-state index contributed by atoms with van der Waals surface area (Å²) < 4.78 is 5.34. The van der Waals surface area contributed by atoms with Crippen LogP contribution >= 0.6 is 11.6 Å². The van der Waals surface area contributed by atoms with Crippen LogP contribution < -0.4 is 15.4 Å². The molecule has 128 valence electrons. The number of para-hydroxylation sites is 2. The number of rotatable bonds is 7. The zero-order valence-corrected chi connectivity index (χ0v) is 14.6. The van der Waals surface area contributed by atoms with Crippen LogP contribution in [0.25, 0.3) is 0 Å². The number of anilines is 3. The van der Waals surface area contributed by atoms with E-state index < -0.39 is 0 Å². The summed E-state index contributed by atoms with van der Waals surface area (Å²) >= 11 is 6.00. The number of methoxy groups -OCH3 is 1. The molecule has 3 rings (SSSR count). The van der Waals surface area contributed by atoms with Crippen molar-refractivity contribution >= 4 is 29.1 Å². The van der Waals surface area contributed by atoms with Crippen LogP contribution in [0.15, 0.2) is 60.8 Å². The molecule has 0 fully saturated rings. The molecule has 0 amide bonds. The van der Waals surface area contributed by atoms with Crippen molar-refractivity contribution in [2.75, 3.05) is 24.3 Å². The molecule has 0 aliphatic carbocycles. The van der Waals surface area contributed by atoms with Gasteiger partial charge >= 0.3 is 0 Å². The van der Waals surface area contributed by atoms with Crippen LogP contribution in [0.1, 0.15) is 5.56 Å². The average Bonchev–Trinajstić information content (AvgIpc) is 2.63. The summed E-state index contributed by atoms with van der Waals surface area (Å²) in [5.74, 6) is 2.03. The smallest absolute Gasteiger partial charge is 0.224 e. The summed E-state index contributed by atoms with van der Waals surface area (Å²) in [6.45, 7) is 0.721. The topological polar surface area (TPSA) is 59.1 Å². The quantitative estimate of drug-likeness (QED) is 0.652. The lowest BCUT2D eigenvalue weighted by Crippen LogP contribution is -2.08. The molecular weight excluding hydrogens is 336 g/mol. The predicted molar refractivity (Wildman–Crippen MR) is 102 cm³/mol. The van der Waals surface area contributed by atoms with Crippen LogP contribution in [-0.4, -0.2) is 23.6 Å². The van der Waals surface area contributed by atoms with Crippen molar-refractivity contribution in [2.24, 2.45) is 0 Å². The Hall–Kier alpha value is -2.79. The van der Waals surface area contributed by atoms with Crippen LogP contribution in [0.3, 0.4) is 0 Å². The fourth-order valence-electron chi connectivity index (χ4n) is 2.41. The van der Waals surface area contributed by atoms with Gasteiger partial charge in [-0.3, -0.25) is 0 Å². The van der Waals surface area contributed by atoms with Crippen LogP contribution in [0.4, 0.5) is 17.5 Å². The molecule has 6 heteroatoms. The molecular formula is C19H19ClN4O. The Morgan fingerprint density at radius 3 is 2.80 bits per heavy atom. The number of nitrogens with one attached hydrogen (secondary N) is 2. The highest BCUT2D eigenvalue weighted by Gasteiger charge is 2.04. The van der Waals surface area contributed by atoms with Gasteiger partial charge in [0, 0.05) is 17.8 Å². The Morgan fingerprint density at radius 1 is 1.08 bits per heavy atom. The van der Waals surface area contributed by atoms with Gasteiger partial charge in [-0.2, -0.15) is 4.98 Å². The summed E-state index contributed by atoms with van der Waals surface area (Å²) in [5.41, 5.74) is 2.02. The first-order chi connectivity index (χ1) is 12.2. The fourth-order valence-corrected chi connectivity index (χ4v) is 2.62. The minimum Gasteiger partial charge on any atom is -0.495 e. The molecule has 0 spiro atoms. The number of hydrogen-bond acceptors (Lipinski definition) is 5. The lowest BCUT2D eigenvalue weighted by molar-refractivity contribution is 0.417. The Bertz CT molecular complexity index is 841. The summed E-state index contributed by atoms with van der Waals surface area (Å²) in [7, 11) is 1.64. The number of nitrogens with zero attached hydrogens (tertiary/aromatic N) is 2. The van der Waals surface area contributed by atoms with Crippen LogP contribution in [-0.2, 0) is 6.42 Å². The largest absolute Gasteiger partial charge is 0.495 e. The monoisotopic (exact) mass is 354 g/mol. The van der Waals surface area contributed by atoms with E-state index in [1.165, 1.54) is 5.56 Å². The Labute approximate surface area is 152 Å². The summed E-state index contributed by atoms with van der Waals surface area (Å²) in [5, 5.41) is 7.22. The SMILES string of the molecule is COc1ccccc1Nc1ccnc(NCCc2cccc(Cl)c2)n1. The molecule has 0 unspecified atom stereocenters. The molecule has 0 saturated carbocycles. The van der Waals surface area contributed by atoms with Crippen molar-refractivity contribution in [3.8, 4) is 5.75 Å². The van der Waals surface area contributed by atoms with E-state index >= 15 is 0 Å². The van der Waals surface area contributed by atoms with E-state index in [0.717, 1.165) is 29.4 Å². The van der Waals surface area contributed by atoms with E-state index in [9.17, 15) is 0 Å². The zero-order valence-electron chi connectivity index (χ0n) is 13.9. The van der Waals surface area contributed by atoms with Crippen LogP contribution in [0.2, 0.25) is 5.02 Å². The molecule has 0 bridgehead atoms. The van der Waals surface area contributed by atoms with E-state index in [1.54, 1.807) is 13.3 Å². The van der Waals surface area contributed by atoms with Gasteiger partial charge in [0.25, 0.3) is 0 Å². The Morgan fingerprint density at radius 2 is 1.96 bits per heavy atom. The minimum atomic E-state index is 0.571. The molecule has 0 saturated heterocycles. The van der Waals surface area contributed by atoms with E-state index in [-0.39, 0.29) is 0 Å². The molecule has 3 aromatic rings. The van der Waals surface area contributed by atoms with Gasteiger partial charge in [-0.1, -0.05) is 35.9 Å². The van der Waals surface area contributed by atoms with E-state index in [2.05, 4.69) is 20.6 Å². The van der Waals surface area contributed by atoms with Crippen LogP contribution in [0, 0.1) is 0 Å². The Balaban J connectivity index is 1.61. The van der Waals surface area contributed by atoms with E-state index in [0.29, 0.717) is 11.8 Å². The number of hydrogen-bond donors (Lipinski definition) is 2. The summed E-state index contributed by atoms with van der Waals surface area (Å²) in [4.78, 5) is 8.73. The van der Waals surface area contributed by atoms with Crippen molar-refractivity contribution in [1.82, 2.24) is 9.97 Å². The second kappa shape index (κ2) is 8.35. The van der Waals surface area contributed by atoms with Crippen molar-refractivity contribution in [3.05, 3.63) is 71.4 Å². The maximum atomic E-state index is 6.00. The van der Waals surface area contributed by atoms with Crippen LogP contribution in [0.5, 0.6) is 5.75 Å². The zero-order chi connectivity index (χ0) is 17.5. The van der Waals surface area contributed by atoms with Gasteiger partial charge in [0.2, 0.25) is 5.95 Å². The minimum absolute atomic E-state index is 0.571. The lowest BCUT2D eigenvalue weighted by atomic mass is 10.1. The average molecular weight is 355 g/mol. The van der Waals surface area contributed by atoms with Gasteiger partial charge in [-0.15, -0.1) is 0 Å². The second-order valence-corrected chi connectivity index (χ2v) is 5.83. The molecule has 5 nitrogen and oxygen atoms in total. The van der Waals surface area contributed by atoms with Crippen molar-refractivity contribution in [2.45, 2.75) is 6.42 Å². The van der Waals surface area contributed by atoms with Gasteiger partial charge in [0.15, 0.2) is 0 Å². The van der Waals surface area contributed by atoms with E-state index in [1.807, 2.05) is 54.6 Å². The summed E-state index contributed by atoms with van der Waals surface area (Å²) in [6, 6.07) is 17.3. The number of ether oxygens (including phenoxy) is 1. The first-order valence-corrected chi connectivity index (χ1v) is 8.34. The van der Waals surface area contributed by atoms with Gasteiger partial charge in [-0.05, 0) is 42.3 Å². The van der Waals surface area contributed by atoms with Gasteiger partial charge in [-0.25, -0.2) is 4.98 Å². The number of halogens is 1. The molecule has 1 aromatic heterocycles. The van der Waals surface area contributed by atoms with Crippen molar-refractivity contribution < 1.29 is 4.74 Å².